The summed E-state index contributed by atoms with van der Waals surface area (Å²) in [6.07, 6.45) is 11.7. The molecule has 1 aliphatic carbocycles. The number of unbranched alkanes of at least 4 members (excludes halogenated alkanes) is 2. The summed E-state index contributed by atoms with van der Waals surface area (Å²) in [5.41, 5.74) is -0.269. The number of Topliss-reactive ketones (excluding diaryl/α,β-unsaturated/α-hetero) is 1. The van der Waals surface area contributed by atoms with Gasteiger partial charge >= 0.3 is 0 Å². The van der Waals surface area contributed by atoms with Crippen LogP contribution in [0.4, 0.5) is 0 Å². The molecule has 240 valence electrons. The average molecular weight is 589 g/mol. The lowest BCUT2D eigenvalue weighted by Gasteiger charge is -2.68. The predicted molar refractivity (Wildman–Crippen MR) is 185 cm³/mol. The van der Waals surface area contributed by atoms with Crippen LogP contribution in [0.5, 0.6) is 0 Å². The van der Waals surface area contributed by atoms with Crippen LogP contribution in [-0.2, 0) is 9.22 Å². The Balaban J connectivity index is 3.61. The van der Waals surface area contributed by atoms with Crippen LogP contribution in [0.15, 0.2) is 25.3 Å². The third-order valence-electron chi connectivity index (χ3n) is 14.6. The molecule has 0 aromatic heterocycles. The number of hydrogen-bond donors (Lipinski definition) is 0. The summed E-state index contributed by atoms with van der Waals surface area (Å²) < 4.78 is 7.44. The molecule has 3 heteroatoms. The van der Waals surface area contributed by atoms with Crippen molar-refractivity contribution in [2.24, 2.45) is 38.4 Å². The van der Waals surface area contributed by atoms with E-state index in [2.05, 4.69) is 123 Å². The number of allylic oxidation sites excluding steroid dienone is 2. The van der Waals surface area contributed by atoms with Crippen molar-refractivity contribution < 1.29 is 9.22 Å². The molecule has 0 amide bonds. The van der Waals surface area contributed by atoms with E-state index in [1.165, 1.54) is 25.7 Å². The Morgan fingerprint density at radius 2 is 1.29 bits per heavy atom. The van der Waals surface area contributed by atoms with Gasteiger partial charge in [-0.05, 0) is 76.8 Å². The van der Waals surface area contributed by atoms with Gasteiger partial charge in [-0.15, -0.1) is 13.2 Å². The lowest BCUT2D eigenvalue weighted by atomic mass is 9.40. The summed E-state index contributed by atoms with van der Waals surface area (Å²) in [6, 6.07) is 0. The Labute approximate surface area is 259 Å². The number of carbonyl (C=O) groups is 1. The zero-order valence-corrected chi connectivity index (χ0v) is 31.7. The van der Waals surface area contributed by atoms with Gasteiger partial charge in [0.05, 0.1) is 11.5 Å². The molecule has 0 N–H and O–H groups in total. The van der Waals surface area contributed by atoms with Gasteiger partial charge in [0.25, 0.3) is 0 Å². The van der Waals surface area contributed by atoms with Crippen LogP contribution in [-0.4, -0.2) is 20.2 Å². The first-order valence-electron chi connectivity index (χ1n) is 16.7. The fourth-order valence-electron chi connectivity index (χ4n) is 8.20. The molecule has 2 atom stereocenters. The van der Waals surface area contributed by atoms with E-state index in [1.807, 2.05) is 12.2 Å². The highest BCUT2D eigenvalue weighted by Gasteiger charge is 2.65. The number of hydrogen-bond acceptors (Lipinski definition) is 2. The van der Waals surface area contributed by atoms with Gasteiger partial charge < -0.3 is 4.43 Å². The first-order chi connectivity index (χ1) is 18.3. The SMILES string of the molecule is C=CCC1(CC=C)C(=O)C[C@H](C)CC1O[Si](C)(C)C(C)(C)C(C)(C)C(C)(C)C(C)(C)C(C)(C)C(C)(C)CCCCC. The van der Waals surface area contributed by atoms with Crippen molar-refractivity contribution in [2.45, 2.75) is 173 Å². The van der Waals surface area contributed by atoms with Crippen molar-refractivity contribution in [1.82, 2.24) is 0 Å². The second-order valence-corrected chi connectivity index (χ2v) is 22.2. The molecule has 0 aliphatic heterocycles. The van der Waals surface area contributed by atoms with E-state index in [0.717, 1.165) is 6.42 Å². The van der Waals surface area contributed by atoms with Crippen LogP contribution >= 0.6 is 0 Å². The smallest absolute Gasteiger partial charge is 0.193 e. The Kier molecular flexibility index (Phi) is 11.9. The minimum absolute atomic E-state index is 0.0162. The number of carbonyl (C=O) groups excluding carboxylic acids is 1. The van der Waals surface area contributed by atoms with Crippen molar-refractivity contribution in [3.63, 3.8) is 0 Å². The zero-order valence-electron chi connectivity index (χ0n) is 30.7. The summed E-state index contributed by atoms with van der Waals surface area (Å²) in [5, 5.41) is -0.0823. The molecule has 41 heavy (non-hydrogen) atoms. The molecule has 0 aromatic carbocycles. The van der Waals surface area contributed by atoms with Gasteiger partial charge in [0.15, 0.2) is 8.32 Å². The van der Waals surface area contributed by atoms with Gasteiger partial charge in [0.1, 0.15) is 5.78 Å². The molecule has 0 aromatic rings. The van der Waals surface area contributed by atoms with Crippen molar-refractivity contribution >= 4 is 14.1 Å². The molecule has 1 saturated carbocycles. The van der Waals surface area contributed by atoms with Crippen LogP contribution in [0.3, 0.4) is 0 Å². The monoisotopic (exact) mass is 589 g/mol. The van der Waals surface area contributed by atoms with Gasteiger partial charge in [-0.3, -0.25) is 4.79 Å². The molecular formula is C38H72O2Si. The minimum Gasteiger partial charge on any atom is -0.413 e. The Morgan fingerprint density at radius 3 is 1.73 bits per heavy atom. The second kappa shape index (κ2) is 12.7. The van der Waals surface area contributed by atoms with Crippen molar-refractivity contribution in [3.8, 4) is 0 Å². The third-order valence-corrected chi connectivity index (χ3v) is 19.1. The molecule has 1 fully saturated rings. The van der Waals surface area contributed by atoms with E-state index in [0.29, 0.717) is 31.0 Å². The Hall–Kier alpha value is -0.673. The highest BCUT2D eigenvalue weighted by molar-refractivity contribution is 6.74. The molecule has 1 rings (SSSR count). The summed E-state index contributed by atoms with van der Waals surface area (Å²) in [6.45, 7) is 47.5. The molecule has 0 radical (unpaired) electrons. The van der Waals surface area contributed by atoms with Crippen molar-refractivity contribution in [2.75, 3.05) is 0 Å². The fourth-order valence-corrected chi connectivity index (χ4v) is 11.3. The molecule has 1 unspecified atom stereocenters. The Morgan fingerprint density at radius 1 is 0.829 bits per heavy atom. The maximum absolute atomic E-state index is 13.7. The van der Waals surface area contributed by atoms with E-state index < -0.39 is 13.7 Å². The first kappa shape index (κ1) is 38.4. The van der Waals surface area contributed by atoms with E-state index >= 15 is 0 Å². The van der Waals surface area contributed by atoms with E-state index in [-0.39, 0.29) is 38.2 Å². The van der Waals surface area contributed by atoms with Crippen LogP contribution in [0.2, 0.25) is 18.1 Å². The summed E-state index contributed by atoms with van der Waals surface area (Å²) in [4.78, 5) is 13.7. The van der Waals surface area contributed by atoms with E-state index in [4.69, 9.17) is 4.43 Å². The summed E-state index contributed by atoms with van der Waals surface area (Å²) >= 11 is 0. The highest BCUT2D eigenvalue weighted by Crippen LogP contribution is 2.71. The molecule has 0 bridgehead atoms. The molecule has 0 spiro atoms. The lowest BCUT2D eigenvalue weighted by Crippen LogP contribution is -2.63. The molecular weight excluding hydrogens is 517 g/mol. The minimum atomic E-state index is -2.40. The van der Waals surface area contributed by atoms with Crippen LogP contribution < -0.4 is 0 Å². The maximum Gasteiger partial charge on any atom is 0.193 e. The summed E-state index contributed by atoms with van der Waals surface area (Å²) in [7, 11) is -2.40. The number of ketones is 1. The molecule has 1 aliphatic rings. The average Bonchev–Trinajstić information content (AvgIpc) is 2.81. The van der Waals surface area contributed by atoms with Crippen molar-refractivity contribution in [3.05, 3.63) is 25.3 Å². The first-order valence-corrected chi connectivity index (χ1v) is 19.6. The summed E-state index contributed by atoms with van der Waals surface area (Å²) in [5.74, 6) is 0.665. The van der Waals surface area contributed by atoms with Gasteiger partial charge in [0, 0.05) is 6.42 Å². The van der Waals surface area contributed by atoms with Gasteiger partial charge in [0.2, 0.25) is 0 Å². The third kappa shape index (κ3) is 6.43. The molecule has 0 saturated heterocycles. The topological polar surface area (TPSA) is 26.3 Å². The molecule has 0 heterocycles. The van der Waals surface area contributed by atoms with Crippen LogP contribution in [0.25, 0.3) is 0 Å². The number of rotatable bonds is 16. The van der Waals surface area contributed by atoms with Crippen LogP contribution in [0, 0.1) is 38.4 Å². The Bertz CT molecular complexity index is 905. The maximum atomic E-state index is 13.7. The largest absolute Gasteiger partial charge is 0.413 e. The van der Waals surface area contributed by atoms with Gasteiger partial charge in [-0.1, -0.05) is 128 Å². The van der Waals surface area contributed by atoms with Gasteiger partial charge in [-0.2, -0.15) is 0 Å². The molecule has 2 nitrogen and oxygen atoms in total. The standard InChI is InChI=1S/C38H72O2Si/c1-19-22-23-26-32(5,6)33(7,8)34(9,10)35(11,12)36(13,14)37(15,16)41(17,18)40-31-28-29(4)27-30(39)38(31,24-20-2)25-21-3/h20-21,29,31H,2-3,19,22-28H2,1,4-18H3/t29-,31?/m0/s1. The zero-order chi connectivity index (χ0) is 32.5. The quantitative estimate of drug-likeness (QED) is 0.102. The highest BCUT2D eigenvalue weighted by atomic mass is 28.4. The normalized spacial score (nSPS) is 21.6. The lowest BCUT2D eigenvalue weighted by molar-refractivity contribution is -0.156. The van der Waals surface area contributed by atoms with Crippen LogP contribution in [0.1, 0.15) is 148 Å². The second-order valence-electron chi connectivity index (χ2n) is 17.7. The van der Waals surface area contributed by atoms with E-state index in [1.54, 1.807) is 0 Å². The fraction of sp³-hybridized carbons (Fsp3) is 0.868. The van der Waals surface area contributed by atoms with Crippen molar-refractivity contribution in [1.29, 1.82) is 0 Å². The van der Waals surface area contributed by atoms with E-state index in [9.17, 15) is 4.79 Å². The van der Waals surface area contributed by atoms with Gasteiger partial charge in [-0.25, -0.2) is 0 Å². The predicted octanol–water partition coefficient (Wildman–Crippen LogP) is 12.2.